The predicted molar refractivity (Wildman–Crippen MR) is 116 cm³/mol. The van der Waals surface area contributed by atoms with Crippen LogP contribution in [0.15, 0.2) is 53.9 Å². The summed E-state index contributed by atoms with van der Waals surface area (Å²) in [5.41, 5.74) is 6.08. The summed E-state index contributed by atoms with van der Waals surface area (Å²) in [5.74, 6) is 0.463. The molecule has 1 aliphatic rings. The number of benzene rings is 2. The fourth-order valence-electron chi connectivity index (χ4n) is 4.10. The number of aromatic nitrogens is 3. The number of nitrogens with zero attached hydrogens (tertiary/aromatic N) is 4. The van der Waals surface area contributed by atoms with Crippen molar-refractivity contribution in [3.8, 4) is 5.69 Å². The van der Waals surface area contributed by atoms with Crippen molar-refractivity contribution in [1.82, 2.24) is 19.7 Å². The largest absolute Gasteiger partial charge is 0.338 e. The summed E-state index contributed by atoms with van der Waals surface area (Å²) in [6.07, 6.45) is 4.95. The van der Waals surface area contributed by atoms with Crippen molar-refractivity contribution in [3.63, 3.8) is 0 Å². The van der Waals surface area contributed by atoms with E-state index in [1.807, 2.05) is 16.5 Å². The van der Waals surface area contributed by atoms with E-state index in [1.165, 1.54) is 28.5 Å². The molecule has 150 valence electrons. The third-order valence-corrected chi connectivity index (χ3v) is 6.58. The number of amides is 1. The van der Waals surface area contributed by atoms with E-state index in [2.05, 4.69) is 66.5 Å². The molecule has 1 atom stereocenters. The molecule has 1 aromatic heterocycles. The highest BCUT2D eigenvalue weighted by molar-refractivity contribution is 7.99. The Kier molecular flexibility index (Phi) is 5.72. The first-order valence-electron chi connectivity index (χ1n) is 9.98. The zero-order chi connectivity index (χ0) is 20.4. The van der Waals surface area contributed by atoms with Crippen molar-refractivity contribution in [2.45, 2.75) is 44.3 Å². The van der Waals surface area contributed by atoms with E-state index >= 15 is 0 Å². The van der Waals surface area contributed by atoms with Gasteiger partial charge in [-0.3, -0.25) is 9.36 Å². The molecular formula is C23H26N4OS. The van der Waals surface area contributed by atoms with Gasteiger partial charge in [0.05, 0.1) is 17.5 Å². The molecule has 1 amide bonds. The molecule has 3 aromatic rings. The molecule has 1 heterocycles. The molecule has 29 heavy (non-hydrogen) atoms. The molecule has 0 N–H and O–H groups in total. The Bertz CT molecular complexity index is 1030. The topological polar surface area (TPSA) is 51.0 Å². The maximum atomic E-state index is 13.0. The molecule has 0 saturated carbocycles. The fraction of sp³-hybridized carbons (Fsp3) is 0.348. The summed E-state index contributed by atoms with van der Waals surface area (Å²) < 4.78 is 1.96. The maximum absolute atomic E-state index is 13.0. The van der Waals surface area contributed by atoms with E-state index in [0.717, 1.165) is 35.7 Å². The average molecular weight is 407 g/mol. The molecular weight excluding hydrogens is 380 g/mol. The number of fused-ring (bicyclic) bond motifs is 1. The monoisotopic (exact) mass is 406 g/mol. The first-order valence-corrected chi connectivity index (χ1v) is 11.0. The van der Waals surface area contributed by atoms with Gasteiger partial charge in [-0.15, -0.1) is 10.2 Å². The van der Waals surface area contributed by atoms with Crippen molar-refractivity contribution in [2.75, 3.05) is 12.8 Å². The molecule has 4 rings (SSSR count). The lowest BCUT2D eigenvalue weighted by atomic mass is 9.87. The fourth-order valence-corrected chi connectivity index (χ4v) is 4.94. The maximum Gasteiger partial charge on any atom is 0.233 e. The van der Waals surface area contributed by atoms with Gasteiger partial charge in [-0.25, -0.2) is 0 Å². The Morgan fingerprint density at radius 3 is 2.90 bits per heavy atom. The Hall–Kier alpha value is -2.60. The quantitative estimate of drug-likeness (QED) is 0.585. The number of aryl methyl sites for hydroxylation is 3. The third kappa shape index (κ3) is 4.08. The number of rotatable bonds is 5. The van der Waals surface area contributed by atoms with E-state index in [-0.39, 0.29) is 11.9 Å². The van der Waals surface area contributed by atoms with Crippen LogP contribution in [-0.4, -0.2) is 38.4 Å². The van der Waals surface area contributed by atoms with Gasteiger partial charge in [-0.1, -0.05) is 53.7 Å². The lowest BCUT2D eigenvalue weighted by molar-refractivity contribution is -0.129. The number of carbonyl (C=O) groups is 1. The number of carbonyl (C=O) groups excluding carboxylic acids is 1. The molecule has 0 fully saturated rings. The molecule has 6 heteroatoms. The molecule has 0 saturated heterocycles. The number of hydrogen-bond acceptors (Lipinski definition) is 4. The van der Waals surface area contributed by atoms with Crippen molar-refractivity contribution >= 4 is 17.7 Å². The molecule has 1 aliphatic carbocycles. The predicted octanol–water partition coefficient (Wildman–Crippen LogP) is 4.51. The third-order valence-electron chi connectivity index (χ3n) is 5.65. The van der Waals surface area contributed by atoms with Crippen molar-refractivity contribution in [3.05, 3.63) is 71.0 Å². The van der Waals surface area contributed by atoms with E-state index < -0.39 is 0 Å². The van der Waals surface area contributed by atoms with Crippen molar-refractivity contribution in [2.24, 2.45) is 0 Å². The van der Waals surface area contributed by atoms with E-state index in [4.69, 9.17) is 0 Å². The molecule has 0 bridgehead atoms. The van der Waals surface area contributed by atoms with Crippen LogP contribution in [0, 0.1) is 13.8 Å². The summed E-state index contributed by atoms with van der Waals surface area (Å²) in [7, 11) is 1.92. The van der Waals surface area contributed by atoms with Gasteiger partial charge in [0.25, 0.3) is 0 Å². The molecule has 0 aliphatic heterocycles. The Balaban J connectivity index is 1.47. The van der Waals surface area contributed by atoms with Gasteiger partial charge in [0.2, 0.25) is 5.91 Å². The van der Waals surface area contributed by atoms with Gasteiger partial charge in [-0.2, -0.15) is 0 Å². The van der Waals surface area contributed by atoms with Crippen LogP contribution in [0.3, 0.4) is 0 Å². The summed E-state index contributed by atoms with van der Waals surface area (Å²) >= 11 is 1.44. The first-order chi connectivity index (χ1) is 14.0. The SMILES string of the molecule is Cc1ccc(-n2cnnc2SCC(=O)N(C)C2CCCc3ccccc32)c(C)c1. The van der Waals surface area contributed by atoms with E-state index in [9.17, 15) is 4.79 Å². The van der Waals surface area contributed by atoms with Crippen LogP contribution in [0.25, 0.3) is 5.69 Å². The molecule has 5 nitrogen and oxygen atoms in total. The summed E-state index contributed by atoms with van der Waals surface area (Å²) in [6, 6.07) is 14.9. The van der Waals surface area contributed by atoms with Gasteiger partial charge >= 0.3 is 0 Å². The second kappa shape index (κ2) is 8.41. The Labute approximate surface area is 176 Å². The minimum atomic E-state index is 0.117. The van der Waals surface area contributed by atoms with Crippen molar-refractivity contribution in [1.29, 1.82) is 0 Å². The van der Waals surface area contributed by atoms with Crippen molar-refractivity contribution < 1.29 is 4.79 Å². The summed E-state index contributed by atoms with van der Waals surface area (Å²) in [5, 5.41) is 9.05. The van der Waals surface area contributed by atoms with Crippen LogP contribution in [0.5, 0.6) is 0 Å². The van der Waals surface area contributed by atoms with E-state index in [1.54, 1.807) is 6.33 Å². The molecule has 2 aromatic carbocycles. The summed E-state index contributed by atoms with van der Waals surface area (Å²) in [4.78, 5) is 14.9. The molecule has 1 unspecified atom stereocenters. The van der Waals surface area contributed by atoms with Gasteiger partial charge in [0.15, 0.2) is 5.16 Å². The van der Waals surface area contributed by atoms with Crippen LogP contribution < -0.4 is 0 Å². The molecule has 0 spiro atoms. The Morgan fingerprint density at radius 1 is 1.24 bits per heavy atom. The van der Waals surface area contributed by atoms with Gasteiger partial charge < -0.3 is 4.90 Å². The van der Waals surface area contributed by atoms with Crippen LogP contribution in [0.1, 0.15) is 41.1 Å². The highest BCUT2D eigenvalue weighted by Crippen LogP contribution is 2.34. The second-order valence-corrected chi connectivity index (χ2v) is 8.62. The molecule has 0 radical (unpaired) electrons. The van der Waals surface area contributed by atoms with Gasteiger partial charge in [0.1, 0.15) is 6.33 Å². The first kappa shape index (κ1) is 19.7. The smallest absolute Gasteiger partial charge is 0.233 e. The van der Waals surface area contributed by atoms with E-state index in [0.29, 0.717) is 5.75 Å². The highest BCUT2D eigenvalue weighted by atomic mass is 32.2. The minimum absolute atomic E-state index is 0.117. The zero-order valence-corrected chi connectivity index (χ0v) is 17.9. The lowest BCUT2D eigenvalue weighted by Crippen LogP contribution is -2.34. The van der Waals surface area contributed by atoms with Gasteiger partial charge in [-0.05, 0) is 55.9 Å². The summed E-state index contributed by atoms with van der Waals surface area (Å²) in [6.45, 7) is 4.16. The van der Waals surface area contributed by atoms with Crippen LogP contribution >= 0.6 is 11.8 Å². The highest BCUT2D eigenvalue weighted by Gasteiger charge is 2.26. The lowest BCUT2D eigenvalue weighted by Gasteiger charge is -2.33. The number of hydrogen-bond donors (Lipinski definition) is 0. The van der Waals surface area contributed by atoms with Gasteiger partial charge in [0, 0.05) is 7.05 Å². The number of thioether (sulfide) groups is 1. The normalized spacial score (nSPS) is 15.8. The second-order valence-electron chi connectivity index (χ2n) is 7.67. The average Bonchev–Trinajstić information content (AvgIpc) is 3.19. The standard InChI is InChI=1S/C23H26N4OS/c1-16-11-12-20(17(2)13-16)27-15-24-25-23(27)29-14-22(28)26(3)21-10-6-8-18-7-4-5-9-19(18)21/h4-5,7,9,11-13,15,21H,6,8,10,14H2,1-3H3. The zero-order valence-electron chi connectivity index (χ0n) is 17.1. The Morgan fingerprint density at radius 2 is 2.07 bits per heavy atom. The van der Waals surface area contributed by atoms with Crippen LogP contribution in [-0.2, 0) is 11.2 Å². The minimum Gasteiger partial charge on any atom is -0.338 e. The van der Waals surface area contributed by atoms with Crippen LogP contribution in [0.2, 0.25) is 0 Å². The van der Waals surface area contributed by atoms with Crippen LogP contribution in [0.4, 0.5) is 0 Å².